The van der Waals surface area contributed by atoms with Gasteiger partial charge in [-0.1, -0.05) is 56.2 Å². The van der Waals surface area contributed by atoms with E-state index in [1.165, 1.54) is 10.0 Å². The number of methoxy groups -OCH3 is 1. The molecule has 0 atom stereocenters. The fraction of sp³-hybridized carbons (Fsp3) is 0.250. The Hall–Kier alpha value is -4.13. The molecule has 3 aromatic carbocycles. The second kappa shape index (κ2) is 10.4. The van der Waals surface area contributed by atoms with Crippen molar-refractivity contribution < 1.29 is 23.9 Å². The Labute approximate surface area is 204 Å². The Bertz CT molecular complexity index is 1120. The van der Waals surface area contributed by atoms with Crippen LogP contribution in [0.4, 0.5) is 11.4 Å². The van der Waals surface area contributed by atoms with Gasteiger partial charge in [-0.15, -0.1) is 0 Å². The van der Waals surface area contributed by atoms with E-state index < -0.39 is 23.2 Å². The molecular formula is C28H28N2O5. The van der Waals surface area contributed by atoms with Crippen LogP contribution >= 0.6 is 0 Å². The van der Waals surface area contributed by atoms with Gasteiger partial charge in [-0.25, -0.2) is 14.8 Å². The molecule has 7 nitrogen and oxygen atoms in total. The Kier molecular flexibility index (Phi) is 7.15. The molecule has 0 bridgehead atoms. The number of amides is 2. The average molecular weight is 473 g/mol. The van der Waals surface area contributed by atoms with Crippen molar-refractivity contribution in [2.24, 2.45) is 5.41 Å². The molecule has 0 aromatic heterocycles. The van der Waals surface area contributed by atoms with E-state index in [1.807, 2.05) is 43.3 Å². The maximum absolute atomic E-state index is 14.0. The minimum absolute atomic E-state index is 0.268. The predicted octanol–water partition coefficient (Wildman–Crippen LogP) is 5.02. The number of esters is 1. The molecule has 1 saturated heterocycles. The van der Waals surface area contributed by atoms with E-state index >= 15 is 0 Å². The molecule has 2 amide bonds. The van der Waals surface area contributed by atoms with Crippen molar-refractivity contribution in [2.45, 2.75) is 26.2 Å². The highest BCUT2D eigenvalue weighted by Crippen LogP contribution is 2.42. The van der Waals surface area contributed by atoms with E-state index in [-0.39, 0.29) is 13.0 Å². The number of benzene rings is 3. The number of nitrogens with zero attached hydrogens (tertiary/aromatic N) is 2. The SMILES string of the molecule is CCCCC1(COC(=O)c2ccc(OC)cc2)C(=O)N(c2ccccc2)N(c2ccccc2)C1=O. The number of unbranched alkanes of at least 4 members (excludes halogenated alkanes) is 1. The quantitative estimate of drug-likeness (QED) is 0.323. The van der Waals surface area contributed by atoms with Gasteiger partial charge in [-0.05, 0) is 55.0 Å². The van der Waals surface area contributed by atoms with Crippen LogP contribution < -0.4 is 14.8 Å². The van der Waals surface area contributed by atoms with E-state index in [0.29, 0.717) is 29.1 Å². The number of hydrogen-bond acceptors (Lipinski definition) is 5. The fourth-order valence-electron chi connectivity index (χ4n) is 4.17. The molecule has 1 heterocycles. The van der Waals surface area contributed by atoms with Gasteiger partial charge in [0.25, 0.3) is 11.8 Å². The summed E-state index contributed by atoms with van der Waals surface area (Å²) in [5, 5.41) is 2.79. The van der Waals surface area contributed by atoms with Crippen LogP contribution in [0.5, 0.6) is 5.75 Å². The number of ether oxygens (including phenoxy) is 2. The third kappa shape index (κ3) is 4.62. The Morgan fingerprint density at radius 1 is 0.800 bits per heavy atom. The molecule has 4 rings (SSSR count). The van der Waals surface area contributed by atoms with Gasteiger partial charge in [0, 0.05) is 0 Å². The van der Waals surface area contributed by atoms with Gasteiger partial charge in [0.05, 0.1) is 24.0 Å². The Morgan fingerprint density at radius 2 is 1.31 bits per heavy atom. The molecule has 0 saturated carbocycles. The van der Waals surface area contributed by atoms with Crippen molar-refractivity contribution in [3.05, 3.63) is 90.5 Å². The zero-order chi connectivity index (χ0) is 24.8. The second-order valence-corrected chi connectivity index (χ2v) is 8.40. The minimum atomic E-state index is -1.52. The predicted molar refractivity (Wildman–Crippen MR) is 133 cm³/mol. The molecular weight excluding hydrogens is 444 g/mol. The highest BCUT2D eigenvalue weighted by Gasteiger charge is 2.59. The highest BCUT2D eigenvalue weighted by atomic mass is 16.5. The van der Waals surface area contributed by atoms with Crippen LogP contribution in [0.2, 0.25) is 0 Å². The highest BCUT2D eigenvalue weighted by molar-refractivity contribution is 6.26. The third-order valence-electron chi connectivity index (χ3n) is 6.14. The van der Waals surface area contributed by atoms with Gasteiger partial charge < -0.3 is 9.47 Å². The first-order chi connectivity index (χ1) is 17.0. The van der Waals surface area contributed by atoms with Gasteiger partial charge in [-0.2, -0.15) is 0 Å². The topological polar surface area (TPSA) is 76.2 Å². The summed E-state index contributed by atoms with van der Waals surface area (Å²) in [5.41, 5.74) is -0.0811. The molecule has 1 fully saturated rings. The van der Waals surface area contributed by atoms with Crippen LogP contribution in [-0.4, -0.2) is 31.5 Å². The van der Waals surface area contributed by atoms with Crippen LogP contribution in [0, 0.1) is 5.41 Å². The number of carbonyl (C=O) groups excluding carboxylic acids is 3. The zero-order valence-electron chi connectivity index (χ0n) is 19.8. The van der Waals surface area contributed by atoms with Crippen molar-refractivity contribution in [1.82, 2.24) is 0 Å². The van der Waals surface area contributed by atoms with Crippen molar-refractivity contribution in [2.75, 3.05) is 23.7 Å². The summed E-state index contributed by atoms with van der Waals surface area (Å²) < 4.78 is 10.8. The normalized spacial score (nSPS) is 14.8. The van der Waals surface area contributed by atoms with E-state index in [9.17, 15) is 14.4 Å². The van der Waals surface area contributed by atoms with Gasteiger partial charge in [-0.3, -0.25) is 9.59 Å². The lowest BCUT2D eigenvalue weighted by molar-refractivity contribution is -0.138. The lowest BCUT2D eigenvalue weighted by Gasteiger charge is -2.27. The molecule has 0 aliphatic carbocycles. The summed E-state index contributed by atoms with van der Waals surface area (Å²) in [6.07, 6.45) is 1.68. The van der Waals surface area contributed by atoms with Gasteiger partial charge in [0.1, 0.15) is 12.4 Å². The zero-order valence-corrected chi connectivity index (χ0v) is 19.8. The largest absolute Gasteiger partial charge is 0.497 e. The van der Waals surface area contributed by atoms with E-state index in [4.69, 9.17) is 9.47 Å². The molecule has 0 spiro atoms. The second-order valence-electron chi connectivity index (χ2n) is 8.40. The summed E-state index contributed by atoms with van der Waals surface area (Å²) in [5.74, 6) is -0.810. The number of anilines is 2. The summed E-state index contributed by atoms with van der Waals surface area (Å²) in [7, 11) is 1.54. The van der Waals surface area contributed by atoms with Crippen molar-refractivity contribution in [3.8, 4) is 5.75 Å². The molecule has 180 valence electrons. The van der Waals surface area contributed by atoms with Gasteiger partial charge in [0.15, 0.2) is 5.41 Å². The number of hydrazine groups is 1. The first-order valence-electron chi connectivity index (χ1n) is 11.6. The monoisotopic (exact) mass is 472 g/mol. The lowest BCUT2D eigenvalue weighted by atomic mass is 9.82. The molecule has 1 aliphatic heterocycles. The third-order valence-corrected chi connectivity index (χ3v) is 6.14. The maximum Gasteiger partial charge on any atom is 0.338 e. The average Bonchev–Trinajstić information content (AvgIpc) is 3.13. The molecule has 0 unspecified atom stereocenters. The molecule has 1 aliphatic rings. The van der Waals surface area contributed by atoms with E-state index in [2.05, 4.69) is 0 Å². The van der Waals surface area contributed by atoms with Crippen LogP contribution in [0.1, 0.15) is 36.5 Å². The van der Waals surface area contributed by atoms with Crippen LogP contribution in [0.3, 0.4) is 0 Å². The first-order valence-corrected chi connectivity index (χ1v) is 11.6. The van der Waals surface area contributed by atoms with Gasteiger partial charge >= 0.3 is 5.97 Å². The molecule has 3 aromatic rings. The standard InChI is InChI=1S/C28H28N2O5/c1-3-4-19-28(20-35-25(31)21-15-17-24(34-2)18-16-21)26(32)29(22-11-7-5-8-12-22)30(27(28)33)23-13-9-6-10-14-23/h5-18H,3-4,19-20H2,1-2H3. The Morgan fingerprint density at radius 3 is 1.77 bits per heavy atom. The number of rotatable bonds is 9. The number of carbonyl (C=O) groups is 3. The maximum atomic E-state index is 14.0. The van der Waals surface area contributed by atoms with E-state index in [0.717, 1.165) is 6.42 Å². The molecule has 0 N–H and O–H groups in total. The minimum Gasteiger partial charge on any atom is -0.497 e. The van der Waals surface area contributed by atoms with Crippen LogP contribution in [0.25, 0.3) is 0 Å². The fourth-order valence-corrected chi connectivity index (χ4v) is 4.17. The van der Waals surface area contributed by atoms with Crippen LogP contribution in [0.15, 0.2) is 84.9 Å². The summed E-state index contributed by atoms with van der Waals surface area (Å²) in [6, 6.07) is 24.5. The van der Waals surface area contributed by atoms with Crippen molar-refractivity contribution in [3.63, 3.8) is 0 Å². The summed E-state index contributed by atoms with van der Waals surface area (Å²) in [4.78, 5) is 40.9. The van der Waals surface area contributed by atoms with Crippen molar-refractivity contribution >= 4 is 29.2 Å². The smallest absolute Gasteiger partial charge is 0.338 e. The molecule has 7 heteroatoms. The van der Waals surface area contributed by atoms with Crippen LogP contribution in [-0.2, 0) is 14.3 Å². The summed E-state index contributed by atoms with van der Waals surface area (Å²) >= 11 is 0. The molecule has 35 heavy (non-hydrogen) atoms. The molecule has 0 radical (unpaired) electrons. The first kappa shape index (κ1) is 24.0. The summed E-state index contributed by atoms with van der Waals surface area (Å²) in [6.45, 7) is 1.65. The van der Waals surface area contributed by atoms with E-state index in [1.54, 1.807) is 55.6 Å². The number of para-hydroxylation sites is 2. The number of hydrogen-bond donors (Lipinski definition) is 0. The van der Waals surface area contributed by atoms with Gasteiger partial charge in [0.2, 0.25) is 0 Å². The lowest BCUT2D eigenvalue weighted by Crippen LogP contribution is -2.41. The Balaban J connectivity index is 1.70. The van der Waals surface area contributed by atoms with Crippen molar-refractivity contribution in [1.29, 1.82) is 0 Å².